The summed E-state index contributed by atoms with van der Waals surface area (Å²) in [5, 5.41) is 13.9. The minimum absolute atomic E-state index is 0.208. The topological polar surface area (TPSA) is 142 Å². The highest BCUT2D eigenvalue weighted by Crippen LogP contribution is 2.30. The van der Waals surface area contributed by atoms with Gasteiger partial charge in [0.05, 0.1) is 27.2 Å². The Kier molecular flexibility index (Phi) is 7.86. The lowest BCUT2D eigenvalue weighted by atomic mass is 9.99. The number of methoxy groups -OCH3 is 3. The molecule has 0 saturated carbocycles. The lowest BCUT2D eigenvalue weighted by Gasteiger charge is -2.37. The average Bonchev–Trinajstić information content (AvgIpc) is 2.92. The third kappa shape index (κ3) is 5.72. The first kappa shape index (κ1) is 26.1. The number of aliphatic imine (C=N–C) groups is 1. The maximum atomic E-state index is 12.6. The second-order valence-electron chi connectivity index (χ2n) is 8.46. The molecule has 2 amide bonds. The molecule has 11 nitrogen and oxygen atoms in total. The maximum Gasteiger partial charge on any atom is 0.312 e. The van der Waals surface area contributed by atoms with Crippen LogP contribution in [0.15, 0.2) is 65.4 Å². The fourth-order valence-electron chi connectivity index (χ4n) is 3.89. The normalized spacial score (nSPS) is 15.6. The molecule has 0 aliphatic carbocycles. The number of hydrogen-bond acceptors (Lipinski definition) is 9. The summed E-state index contributed by atoms with van der Waals surface area (Å²) in [7, 11) is 4.43. The van der Waals surface area contributed by atoms with Gasteiger partial charge >= 0.3 is 5.97 Å². The summed E-state index contributed by atoms with van der Waals surface area (Å²) in [6, 6.07) is 11.8. The minimum Gasteiger partial charge on any atom is -0.493 e. The van der Waals surface area contributed by atoms with Crippen molar-refractivity contribution in [2.75, 3.05) is 39.7 Å². The number of carbonyl (C=O) groups is 3. The highest BCUT2D eigenvalue weighted by molar-refractivity contribution is 6.46. The molecule has 0 unspecified atom stereocenters. The number of nitrogens with zero attached hydrogens (tertiary/aromatic N) is 2. The number of ether oxygens (including phenoxy) is 3. The number of likely N-dealkylation sites (tertiary alicyclic amines) is 1. The van der Waals surface area contributed by atoms with Crippen molar-refractivity contribution in [3.63, 3.8) is 0 Å². The average molecular weight is 518 g/mol. The zero-order chi connectivity index (χ0) is 27.2. The van der Waals surface area contributed by atoms with Crippen molar-refractivity contribution in [3.05, 3.63) is 71.6 Å². The van der Waals surface area contributed by atoms with Gasteiger partial charge in [-0.15, -0.1) is 0 Å². The Morgan fingerprint density at radius 2 is 1.76 bits per heavy atom. The summed E-state index contributed by atoms with van der Waals surface area (Å²) >= 11 is 0. The fraction of sp³-hybridized carbons (Fsp3) is 0.222. The molecule has 1 fully saturated rings. The monoisotopic (exact) mass is 517 g/mol. The molecule has 4 rings (SSSR count). The second-order valence-corrected chi connectivity index (χ2v) is 8.46. The molecule has 2 aliphatic heterocycles. The smallest absolute Gasteiger partial charge is 0.312 e. The molecule has 2 aromatic carbocycles. The van der Waals surface area contributed by atoms with Crippen LogP contribution < -0.4 is 20.1 Å². The van der Waals surface area contributed by atoms with Gasteiger partial charge in [-0.25, -0.2) is 4.99 Å². The van der Waals surface area contributed by atoms with Crippen LogP contribution in [0.3, 0.4) is 0 Å². The molecule has 196 valence electrons. The Hall–Kier alpha value is -4.93. The highest BCUT2D eigenvalue weighted by Gasteiger charge is 2.36. The van der Waals surface area contributed by atoms with Crippen molar-refractivity contribution in [1.29, 1.82) is 5.41 Å². The lowest BCUT2D eigenvalue weighted by Crippen LogP contribution is -2.53. The molecule has 2 heterocycles. The van der Waals surface area contributed by atoms with Gasteiger partial charge in [-0.05, 0) is 48.5 Å². The number of amides is 2. The SMILES string of the molecule is COC(=O)C1CN(C(=O)c2ccc(NC(=O)C(=N)/C=C3/N=CC=C(c4ccc(OC)c(OC)c4)N3)cc2)C1. The number of esters is 1. The first-order valence-corrected chi connectivity index (χ1v) is 11.7. The lowest BCUT2D eigenvalue weighted by molar-refractivity contribution is -0.149. The molecular formula is C27H27N5O6. The van der Waals surface area contributed by atoms with E-state index in [4.69, 9.17) is 14.9 Å². The van der Waals surface area contributed by atoms with Gasteiger partial charge in [-0.1, -0.05) is 0 Å². The largest absolute Gasteiger partial charge is 0.493 e. The van der Waals surface area contributed by atoms with Crippen LogP contribution in [0.1, 0.15) is 15.9 Å². The van der Waals surface area contributed by atoms with Crippen LogP contribution in [0.4, 0.5) is 5.69 Å². The van der Waals surface area contributed by atoms with Gasteiger partial charge in [0, 0.05) is 47.9 Å². The standard InChI is InChI=1S/C27H27N5O6/c1-36-22-9-6-17(12-23(22)37-2)21-10-11-29-24(31-21)13-20(28)25(33)30-19-7-4-16(5-8-19)26(34)32-14-18(15-32)27(35)38-3/h4-13,18,28,31H,14-15H2,1-3H3,(H,30,33)/b24-13-,28-20?. The van der Waals surface area contributed by atoms with Gasteiger partial charge in [0.2, 0.25) is 0 Å². The van der Waals surface area contributed by atoms with Crippen LogP contribution in [0.25, 0.3) is 5.70 Å². The van der Waals surface area contributed by atoms with E-state index in [2.05, 4.69) is 20.4 Å². The molecule has 2 aliphatic rings. The zero-order valence-electron chi connectivity index (χ0n) is 21.1. The number of anilines is 1. The molecule has 38 heavy (non-hydrogen) atoms. The Balaban J connectivity index is 1.34. The van der Waals surface area contributed by atoms with Crippen LogP contribution in [0.2, 0.25) is 0 Å². The van der Waals surface area contributed by atoms with Crippen molar-refractivity contribution < 1.29 is 28.6 Å². The van der Waals surface area contributed by atoms with Crippen LogP contribution in [-0.2, 0) is 14.3 Å². The van der Waals surface area contributed by atoms with Gasteiger partial charge in [-0.3, -0.25) is 19.8 Å². The predicted octanol–water partition coefficient (Wildman–Crippen LogP) is 2.46. The van der Waals surface area contributed by atoms with Gasteiger partial charge < -0.3 is 29.7 Å². The summed E-state index contributed by atoms with van der Waals surface area (Å²) < 4.78 is 15.3. The Labute approximate surface area is 219 Å². The molecule has 0 radical (unpaired) electrons. The van der Waals surface area contributed by atoms with E-state index in [0.29, 0.717) is 47.4 Å². The van der Waals surface area contributed by atoms with E-state index < -0.39 is 5.91 Å². The Bertz CT molecular complexity index is 1360. The van der Waals surface area contributed by atoms with Gasteiger partial charge in [0.15, 0.2) is 11.5 Å². The van der Waals surface area contributed by atoms with Crippen LogP contribution in [0.5, 0.6) is 11.5 Å². The molecule has 11 heteroatoms. The summed E-state index contributed by atoms with van der Waals surface area (Å²) in [5.41, 5.74) is 2.06. The van der Waals surface area contributed by atoms with Crippen molar-refractivity contribution in [1.82, 2.24) is 10.2 Å². The molecule has 0 bridgehead atoms. The van der Waals surface area contributed by atoms with E-state index in [1.165, 1.54) is 13.2 Å². The van der Waals surface area contributed by atoms with Crippen LogP contribution in [-0.4, -0.2) is 69.0 Å². The Morgan fingerprint density at radius 1 is 1.05 bits per heavy atom. The van der Waals surface area contributed by atoms with E-state index in [1.807, 2.05) is 6.07 Å². The maximum absolute atomic E-state index is 12.6. The third-order valence-electron chi connectivity index (χ3n) is 6.03. The quantitative estimate of drug-likeness (QED) is 0.361. The second kappa shape index (κ2) is 11.4. The number of allylic oxidation sites excluding steroid dienone is 1. The molecular weight excluding hydrogens is 490 g/mol. The first-order chi connectivity index (χ1) is 18.3. The molecule has 2 aromatic rings. The van der Waals surface area contributed by atoms with Gasteiger partial charge in [0.1, 0.15) is 11.5 Å². The van der Waals surface area contributed by atoms with Crippen LogP contribution >= 0.6 is 0 Å². The van der Waals surface area contributed by atoms with E-state index in [9.17, 15) is 14.4 Å². The molecule has 0 aromatic heterocycles. The number of nitrogens with one attached hydrogen (secondary N) is 3. The number of carbonyl (C=O) groups excluding carboxylic acids is 3. The molecule has 0 spiro atoms. The summed E-state index contributed by atoms with van der Waals surface area (Å²) in [4.78, 5) is 42.4. The molecule has 0 atom stereocenters. The number of hydrogen-bond donors (Lipinski definition) is 3. The van der Waals surface area contributed by atoms with E-state index in [-0.39, 0.29) is 23.5 Å². The number of rotatable bonds is 8. The van der Waals surface area contributed by atoms with Crippen molar-refractivity contribution in [3.8, 4) is 11.5 Å². The van der Waals surface area contributed by atoms with Crippen molar-refractivity contribution in [2.24, 2.45) is 10.9 Å². The summed E-state index contributed by atoms with van der Waals surface area (Å²) in [5.74, 6) is 0.0114. The Morgan fingerprint density at radius 3 is 2.42 bits per heavy atom. The van der Waals surface area contributed by atoms with Crippen LogP contribution in [0, 0.1) is 11.3 Å². The number of benzene rings is 2. The first-order valence-electron chi connectivity index (χ1n) is 11.7. The van der Waals surface area contributed by atoms with Gasteiger partial charge in [0.25, 0.3) is 11.8 Å². The van der Waals surface area contributed by atoms with E-state index >= 15 is 0 Å². The highest BCUT2D eigenvalue weighted by atomic mass is 16.5. The summed E-state index contributed by atoms with van der Waals surface area (Å²) in [6.45, 7) is 0.629. The van der Waals surface area contributed by atoms with Gasteiger partial charge in [-0.2, -0.15) is 0 Å². The minimum atomic E-state index is -0.639. The van der Waals surface area contributed by atoms with E-state index in [1.54, 1.807) is 67.8 Å². The fourth-order valence-corrected chi connectivity index (χ4v) is 3.89. The van der Waals surface area contributed by atoms with Crippen molar-refractivity contribution in [2.45, 2.75) is 0 Å². The molecule has 1 saturated heterocycles. The van der Waals surface area contributed by atoms with E-state index in [0.717, 1.165) is 5.56 Å². The third-order valence-corrected chi connectivity index (χ3v) is 6.03. The predicted molar refractivity (Wildman–Crippen MR) is 141 cm³/mol. The van der Waals surface area contributed by atoms with Crippen molar-refractivity contribution >= 4 is 41.1 Å². The zero-order valence-corrected chi connectivity index (χ0v) is 21.1. The molecule has 3 N–H and O–H groups in total. The summed E-state index contributed by atoms with van der Waals surface area (Å²) in [6.07, 6.45) is 4.65.